The van der Waals surface area contributed by atoms with Gasteiger partial charge in [0.05, 0.1) is 6.54 Å². The maximum Gasteiger partial charge on any atom is 0.244 e. The zero-order valence-corrected chi connectivity index (χ0v) is 18.9. The molecule has 0 saturated carbocycles. The van der Waals surface area contributed by atoms with Crippen molar-refractivity contribution >= 4 is 17.4 Å². The molecule has 0 fully saturated rings. The van der Waals surface area contributed by atoms with E-state index in [1.165, 1.54) is 17.7 Å². The maximum atomic E-state index is 13.6. The lowest BCUT2D eigenvalue weighted by molar-refractivity contribution is -0.134. The highest BCUT2D eigenvalue weighted by molar-refractivity contribution is 5.83. The Kier molecular flexibility index (Phi) is 5.86. The Labute approximate surface area is 197 Å². The summed E-state index contributed by atoms with van der Waals surface area (Å²) < 4.78 is 15.7. The van der Waals surface area contributed by atoms with Crippen LogP contribution in [0.15, 0.2) is 78.9 Å². The molecule has 1 aromatic heterocycles. The minimum atomic E-state index is -0.718. The third kappa shape index (κ3) is 4.30. The van der Waals surface area contributed by atoms with Crippen molar-refractivity contribution in [1.82, 2.24) is 14.5 Å². The van der Waals surface area contributed by atoms with Gasteiger partial charge in [-0.15, -0.1) is 0 Å². The summed E-state index contributed by atoms with van der Waals surface area (Å²) in [5.74, 6) is 1.16. The number of carbonyl (C=O) groups excluding carboxylic acids is 1. The van der Waals surface area contributed by atoms with Crippen molar-refractivity contribution in [2.24, 2.45) is 5.73 Å². The number of rotatable bonds is 5. The minimum Gasteiger partial charge on any atom is -0.340 e. The van der Waals surface area contributed by atoms with Gasteiger partial charge in [-0.05, 0) is 48.9 Å². The largest absolute Gasteiger partial charge is 0.340 e. The van der Waals surface area contributed by atoms with Crippen molar-refractivity contribution in [1.29, 1.82) is 0 Å². The number of imidazole rings is 1. The maximum absolute atomic E-state index is 13.6. The van der Waals surface area contributed by atoms with Crippen LogP contribution in [-0.4, -0.2) is 26.9 Å². The van der Waals surface area contributed by atoms with Crippen molar-refractivity contribution in [3.8, 4) is 11.3 Å². The van der Waals surface area contributed by atoms with E-state index in [1.807, 2.05) is 61.5 Å². The zero-order valence-electron chi connectivity index (χ0n) is 18.9. The molecular weight excluding hydrogens is 429 g/mol. The standard InChI is InChI=1S/C27H26FN5O/c1-18-7-13-22(14-8-18)30-26-25(20-9-11-21(28)12-10-20)31-23-17-32(15-16-33(23)26)27(34)24(29)19-5-3-2-4-6-19/h2-14,24,30H,15-17,29H2,1H3/t24-/m0/s1. The van der Waals surface area contributed by atoms with E-state index in [9.17, 15) is 9.18 Å². The number of hydrogen-bond donors (Lipinski definition) is 2. The van der Waals surface area contributed by atoms with Gasteiger partial charge in [-0.2, -0.15) is 0 Å². The van der Waals surface area contributed by atoms with Gasteiger partial charge in [0.15, 0.2) is 0 Å². The number of nitrogens with two attached hydrogens (primary N) is 1. The third-order valence-electron chi connectivity index (χ3n) is 6.14. The van der Waals surface area contributed by atoms with E-state index in [0.29, 0.717) is 19.6 Å². The van der Waals surface area contributed by atoms with Crippen molar-refractivity contribution in [2.75, 3.05) is 11.9 Å². The van der Waals surface area contributed by atoms with E-state index in [4.69, 9.17) is 10.7 Å². The summed E-state index contributed by atoms with van der Waals surface area (Å²) in [4.78, 5) is 19.8. The number of halogens is 1. The number of amides is 1. The Morgan fingerprint density at radius 1 is 1.00 bits per heavy atom. The quantitative estimate of drug-likeness (QED) is 0.454. The smallest absolute Gasteiger partial charge is 0.244 e. The van der Waals surface area contributed by atoms with Gasteiger partial charge in [-0.1, -0.05) is 48.0 Å². The molecule has 3 aromatic carbocycles. The Morgan fingerprint density at radius 2 is 1.71 bits per heavy atom. The summed E-state index contributed by atoms with van der Waals surface area (Å²) in [5, 5.41) is 3.49. The zero-order chi connectivity index (χ0) is 23.7. The van der Waals surface area contributed by atoms with Crippen LogP contribution in [-0.2, 0) is 17.9 Å². The first kappa shape index (κ1) is 21.9. The van der Waals surface area contributed by atoms with Crippen LogP contribution < -0.4 is 11.1 Å². The molecule has 2 heterocycles. The van der Waals surface area contributed by atoms with Crippen molar-refractivity contribution in [3.05, 3.63) is 102 Å². The van der Waals surface area contributed by atoms with Gasteiger partial charge < -0.3 is 20.5 Å². The van der Waals surface area contributed by atoms with E-state index in [1.54, 1.807) is 17.0 Å². The Bertz CT molecular complexity index is 1300. The number of hydrogen-bond acceptors (Lipinski definition) is 4. The van der Waals surface area contributed by atoms with E-state index < -0.39 is 6.04 Å². The molecule has 0 bridgehead atoms. The number of carbonyl (C=O) groups is 1. The molecule has 0 spiro atoms. The molecule has 5 rings (SSSR count). The molecule has 172 valence electrons. The molecule has 0 aliphatic carbocycles. The Balaban J connectivity index is 1.47. The number of fused-ring (bicyclic) bond motifs is 1. The second-order valence-electron chi connectivity index (χ2n) is 8.52. The summed E-state index contributed by atoms with van der Waals surface area (Å²) in [7, 11) is 0. The van der Waals surface area contributed by atoms with Gasteiger partial charge in [-0.25, -0.2) is 9.37 Å². The summed E-state index contributed by atoms with van der Waals surface area (Å²) >= 11 is 0. The predicted octanol–water partition coefficient (Wildman–Crippen LogP) is 4.78. The van der Waals surface area contributed by atoms with Crippen molar-refractivity contribution in [3.63, 3.8) is 0 Å². The van der Waals surface area contributed by atoms with E-state index in [0.717, 1.165) is 34.2 Å². The van der Waals surface area contributed by atoms with Crippen molar-refractivity contribution in [2.45, 2.75) is 26.1 Å². The van der Waals surface area contributed by atoms with Crippen molar-refractivity contribution < 1.29 is 9.18 Å². The van der Waals surface area contributed by atoms with Gasteiger partial charge in [0.2, 0.25) is 5.91 Å². The molecule has 34 heavy (non-hydrogen) atoms. The first-order valence-electron chi connectivity index (χ1n) is 11.3. The fourth-order valence-corrected chi connectivity index (χ4v) is 4.23. The van der Waals surface area contributed by atoms with Crippen LogP contribution in [0.3, 0.4) is 0 Å². The minimum absolute atomic E-state index is 0.128. The van der Waals surface area contributed by atoms with E-state index in [-0.39, 0.29) is 11.7 Å². The fourth-order valence-electron chi connectivity index (χ4n) is 4.23. The number of nitrogens with zero attached hydrogens (tertiary/aromatic N) is 3. The number of aryl methyl sites for hydroxylation is 1. The van der Waals surface area contributed by atoms with E-state index in [2.05, 4.69) is 9.88 Å². The second-order valence-corrected chi connectivity index (χ2v) is 8.52. The lowest BCUT2D eigenvalue weighted by Gasteiger charge is -2.30. The fraction of sp³-hybridized carbons (Fsp3) is 0.185. The summed E-state index contributed by atoms with van der Waals surface area (Å²) in [6.07, 6.45) is 0. The molecule has 4 aromatic rings. The summed E-state index contributed by atoms with van der Waals surface area (Å²) in [6, 6.07) is 23.1. The average molecular weight is 456 g/mol. The highest BCUT2D eigenvalue weighted by Gasteiger charge is 2.29. The van der Waals surface area contributed by atoms with Gasteiger partial charge in [0, 0.05) is 24.3 Å². The molecule has 0 saturated heterocycles. The molecular formula is C27H26FN5O. The molecule has 0 radical (unpaired) electrons. The van der Waals surface area contributed by atoms with Gasteiger partial charge >= 0.3 is 0 Å². The van der Waals surface area contributed by atoms with Crippen LogP contribution in [0, 0.1) is 12.7 Å². The van der Waals surface area contributed by atoms with E-state index >= 15 is 0 Å². The molecule has 7 heteroatoms. The molecule has 1 aliphatic rings. The van der Waals surface area contributed by atoms with Crippen LogP contribution >= 0.6 is 0 Å². The molecule has 1 aliphatic heterocycles. The van der Waals surface area contributed by atoms with Crippen LogP contribution in [0.1, 0.15) is 23.0 Å². The highest BCUT2D eigenvalue weighted by Crippen LogP contribution is 2.33. The Hall–Kier alpha value is -3.97. The summed E-state index contributed by atoms with van der Waals surface area (Å²) in [5.41, 5.74) is 10.7. The lowest BCUT2D eigenvalue weighted by atomic mass is 10.1. The van der Waals surface area contributed by atoms with Gasteiger partial charge in [-0.3, -0.25) is 4.79 Å². The first-order chi connectivity index (χ1) is 16.5. The molecule has 1 atom stereocenters. The number of aromatic nitrogens is 2. The summed E-state index contributed by atoms with van der Waals surface area (Å²) in [6.45, 7) is 3.49. The topological polar surface area (TPSA) is 76.2 Å². The average Bonchev–Trinajstić information content (AvgIpc) is 3.23. The first-order valence-corrected chi connectivity index (χ1v) is 11.3. The molecule has 6 nitrogen and oxygen atoms in total. The van der Waals surface area contributed by atoms with Crippen LogP contribution in [0.5, 0.6) is 0 Å². The second kappa shape index (κ2) is 9.11. The predicted molar refractivity (Wildman–Crippen MR) is 131 cm³/mol. The monoisotopic (exact) mass is 455 g/mol. The van der Waals surface area contributed by atoms with Gasteiger partial charge in [0.1, 0.15) is 29.2 Å². The number of nitrogens with one attached hydrogen (secondary N) is 1. The highest BCUT2D eigenvalue weighted by atomic mass is 19.1. The lowest BCUT2D eigenvalue weighted by Crippen LogP contribution is -2.43. The van der Waals surface area contributed by atoms with Gasteiger partial charge in [0.25, 0.3) is 0 Å². The normalized spacial score (nSPS) is 13.9. The molecule has 0 unspecified atom stereocenters. The van der Waals surface area contributed by atoms with Crippen LogP contribution in [0.4, 0.5) is 15.9 Å². The number of benzene rings is 3. The van der Waals surface area contributed by atoms with Crippen LogP contribution in [0.2, 0.25) is 0 Å². The molecule has 3 N–H and O–H groups in total. The SMILES string of the molecule is Cc1ccc(Nc2c(-c3ccc(F)cc3)nc3n2CCN(C(=O)[C@@H](N)c2ccccc2)C3)cc1. The molecule has 1 amide bonds. The third-order valence-corrected chi connectivity index (χ3v) is 6.14. The number of anilines is 2. The van der Waals surface area contributed by atoms with Crippen LogP contribution in [0.25, 0.3) is 11.3 Å². The Morgan fingerprint density at radius 3 is 2.41 bits per heavy atom.